The number of hydrogen-bond acceptors (Lipinski definition) is 3. The zero-order chi connectivity index (χ0) is 15.5. The molecule has 0 fully saturated rings. The van der Waals surface area contributed by atoms with Crippen molar-refractivity contribution in [1.82, 2.24) is 0 Å². The van der Waals surface area contributed by atoms with Crippen LogP contribution in [0.2, 0.25) is 19.6 Å². The first-order valence-electron chi connectivity index (χ1n) is 6.93. The standard InChI is InChI=1S/C17H20O3Si/c1-21(2,3)20-17(19)16-7-5-4-6-15(16)14-10-8-13(12-18)9-11-14/h4-11,18H,12H2,1-3H3. The highest BCUT2D eigenvalue weighted by Crippen LogP contribution is 2.25. The minimum atomic E-state index is -1.92. The Bertz CT molecular complexity index is 627. The fourth-order valence-electron chi connectivity index (χ4n) is 2.04. The Morgan fingerprint density at radius 1 is 1.05 bits per heavy atom. The molecule has 21 heavy (non-hydrogen) atoms. The van der Waals surface area contributed by atoms with Gasteiger partial charge in [0, 0.05) is 0 Å². The number of carbonyl (C=O) groups excluding carboxylic acids is 1. The lowest BCUT2D eigenvalue weighted by atomic mass is 9.99. The van der Waals surface area contributed by atoms with Crippen LogP contribution in [-0.4, -0.2) is 19.4 Å². The Morgan fingerprint density at radius 3 is 2.24 bits per heavy atom. The van der Waals surface area contributed by atoms with Crippen LogP contribution in [0.1, 0.15) is 15.9 Å². The maximum absolute atomic E-state index is 12.4. The lowest BCUT2D eigenvalue weighted by molar-refractivity contribution is 0.0725. The van der Waals surface area contributed by atoms with Crippen molar-refractivity contribution in [1.29, 1.82) is 0 Å². The van der Waals surface area contributed by atoms with Crippen molar-refractivity contribution in [2.24, 2.45) is 0 Å². The molecule has 1 N–H and O–H groups in total. The number of aliphatic hydroxyl groups is 1. The molecule has 0 heterocycles. The van der Waals surface area contributed by atoms with Crippen LogP contribution in [0.4, 0.5) is 0 Å². The summed E-state index contributed by atoms with van der Waals surface area (Å²) in [6, 6.07) is 15.0. The largest absolute Gasteiger partial charge is 0.516 e. The third-order valence-corrected chi connectivity index (χ3v) is 3.79. The molecule has 0 bridgehead atoms. The van der Waals surface area contributed by atoms with Crippen molar-refractivity contribution in [3.05, 3.63) is 59.7 Å². The van der Waals surface area contributed by atoms with E-state index in [1.165, 1.54) is 0 Å². The Labute approximate surface area is 126 Å². The zero-order valence-electron chi connectivity index (χ0n) is 12.6. The number of hydrogen-bond donors (Lipinski definition) is 1. The lowest BCUT2D eigenvalue weighted by Gasteiger charge is -2.18. The fourth-order valence-corrected chi connectivity index (χ4v) is 2.70. The molecule has 2 aromatic rings. The van der Waals surface area contributed by atoms with Crippen molar-refractivity contribution in [3.63, 3.8) is 0 Å². The summed E-state index contributed by atoms with van der Waals surface area (Å²) in [7, 11) is -1.92. The molecule has 0 amide bonds. The van der Waals surface area contributed by atoms with E-state index in [2.05, 4.69) is 0 Å². The monoisotopic (exact) mass is 300 g/mol. The molecule has 4 heteroatoms. The van der Waals surface area contributed by atoms with Gasteiger partial charge in [0.2, 0.25) is 8.32 Å². The Kier molecular flexibility index (Phi) is 4.60. The summed E-state index contributed by atoms with van der Waals surface area (Å²) >= 11 is 0. The number of benzene rings is 2. The quantitative estimate of drug-likeness (QED) is 0.873. The molecular weight excluding hydrogens is 280 g/mol. The van der Waals surface area contributed by atoms with Crippen molar-refractivity contribution < 1.29 is 14.3 Å². The van der Waals surface area contributed by atoms with Gasteiger partial charge in [-0.15, -0.1) is 0 Å². The molecule has 0 atom stereocenters. The SMILES string of the molecule is C[Si](C)(C)OC(=O)c1ccccc1-c1ccc(CO)cc1. The first kappa shape index (κ1) is 15.5. The maximum atomic E-state index is 12.4. The van der Waals surface area contributed by atoms with Crippen molar-refractivity contribution >= 4 is 14.3 Å². The van der Waals surface area contributed by atoms with Crippen LogP contribution in [0.3, 0.4) is 0 Å². The van der Waals surface area contributed by atoms with Gasteiger partial charge in [-0.25, -0.2) is 4.79 Å². The van der Waals surface area contributed by atoms with E-state index in [-0.39, 0.29) is 12.6 Å². The average molecular weight is 300 g/mol. The Morgan fingerprint density at radius 2 is 1.67 bits per heavy atom. The summed E-state index contributed by atoms with van der Waals surface area (Å²) in [6.07, 6.45) is 0. The van der Waals surface area contributed by atoms with Crippen molar-refractivity contribution in [2.45, 2.75) is 26.2 Å². The summed E-state index contributed by atoms with van der Waals surface area (Å²) in [4.78, 5) is 12.4. The smallest absolute Gasteiger partial charge is 0.325 e. The normalized spacial score (nSPS) is 11.2. The van der Waals surface area contributed by atoms with Gasteiger partial charge in [-0.05, 0) is 42.4 Å². The van der Waals surface area contributed by atoms with Crippen LogP contribution >= 0.6 is 0 Å². The zero-order valence-corrected chi connectivity index (χ0v) is 13.6. The molecule has 0 unspecified atom stereocenters. The van der Waals surface area contributed by atoms with Gasteiger partial charge in [-0.1, -0.05) is 42.5 Å². The fraction of sp³-hybridized carbons (Fsp3) is 0.235. The molecule has 0 spiro atoms. The third-order valence-electron chi connectivity index (χ3n) is 2.99. The van der Waals surface area contributed by atoms with Crippen LogP contribution in [0.15, 0.2) is 48.5 Å². The molecule has 2 rings (SSSR count). The van der Waals surface area contributed by atoms with Crippen LogP contribution < -0.4 is 0 Å². The Balaban J connectivity index is 2.38. The van der Waals surface area contributed by atoms with Gasteiger partial charge in [-0.3, -0.25) is 0 Å². The molecule has 0 saturated carbocycles. The van der Waals surface area contributed by atoms with E-state index in [1.807, 2.05) is 62.1 Å². The predicted molar refractivity (Wildman–Crippen MR) is 86.6 cm³/mol. The first-order chi connectivity index (χ1) is 9.90. The number of carbonyl (C=O) groups is 1. The van der Waals surface area contributed by atoms with Crippen molar-refractivity contribution in [3.8, 4) is 11.1 Å². The van der Waals surface area contributed by atoms with E-state index < -0.39 is 8.32 Å². The first-order valence-corrected chi connectivity index (χ1v) is 10.3. The molecule has 2 aromatic carbocycles. The van der Waals surface area contributed by atoms with Crippen molar-refractivity contribution in [2.75, 3.05) is 0 Å². The Hall–Kier alpha value is -1.91. The second kappa shape index (κ2) is 6.24. The van der Waals surface area contributed by atoms with Gasteiger partial charge in [0.1, 0.15) is 0 Å². The van der Waals surface area contributed by atoms with Gasteiger partial charge >= 0.3 is 5.97 Å². The van der Waals surface area contributed by atoms with Crippen LogP contribution in [-0.2, 0) is 11.0 Å². The average Bonchev–Trinajstić information content (AvgIpc) is 2.45. The summed E-state index contributed by atoms with van der Waals surface area (Å²) < 4.78 is 5.59. The molecule has 0 radical (unpaired) electrons. The second-order valence-electron chi connectivity index (χ2n) is 5.90. The number of rotatable bonds is 4. The third kappa shape index (κ3) is 4.03. The predicted octanol–water partition coefficient (Wildman–Crippen LogP) is 3.84. The maximum Gasteiger partial charge on any atom is 0.325 e. The summed E-state index contributed by atoms with van der Waals surface area (Å²) in [5.41, 5.74) is 3.22. The van der Waals surface area contributed by atoms with Gasteiger partial charge < -0.3 is 9.53 Å². The van der Waals surface area contributed by atoms with Crippen LogP contribution in [0.25, 0.3) is 11.1 Å². The molecule has 0 aliphatic heterocycles. The van der Waals surface area contributed by atoms with E-state index >= 15 is 0 Å². The van der Waals surface area contributed by atoms with Gasteiger partial charge in [0.15, 0.2) is 0 Å². The van der Waals surface area contributed by atoms with Crippen LogP contribution in [0, 0.1) is 0 Å². The summed E-state index contributed by atoms with van der Waals surface area (Å²) in [6.45, 7) is 5.98. The van der Waals surface area contributed by atoms with Crippen LogP contribution in [0.5, 0.6) is 0 Å². The van der Waals surface area contributed by atoms with E-state index in [9.17, 15) is 4.79 Å². The minimum Gasteiger partial charge on any atom is -0.516 e. The second-order valence-corrected chi connectivity index (χ2v) is 10.3. The molecule has 0 saturated heterocycles. The number of aliphatic hydroxyl groups excluding tert-OH is 1. The lowest BCUT2D eigenvalue weighted by Crippen LogP contribution is -2.29. The molecule has 110 valence electrons. The van der Waals surface area contributed by atoms with E-state index in [1.54, 1.807) is 6.07 Å². The van der Waals surface area contributed by atoms with E-state index in [4.69, 9.17) is 9.53 Å². The highest BCUT2D eigenvalue weighted by atomic mass is 28.4. The molecule has 0 aliphatic rings. The topological polar surface area (TPSA) is 46.5 Å². The highest BCUT2D eigenvalue weighted by molar-refractivity contribution is 6.71. The van der Waals surface area contributed by atoms with E-state index in [0.717, 1.165) is 16.7 Å². The van der Waals surface area contributed by atoms with Gasteiger partial charge in [0.05, 0.1) is 12.2 Å². The molecular formula is C17H20O3Si. The summed E-state index contributed by atoms with van der Waals surface area (Å²) in [5, 5.41) is 9.10. The minimum absolute atomic E-state index is 0.0135. The highest BCUT2D eigenvalue weighted by Gasteiger charge is 2.22. The summed E-state index contributed by atoms with van der Waals surface area (Å²) in [5.74, 6) is -0.268. The molecule has 3 nitrogen and oxygen atoms in total. The molecule has 0 aliphatic carbocycles. The van der Waals surface area contributed by atoms with Gasteiger partial charge in [0.25, 0.3) is 0 Å². The van der Waals surface area contributed by atoms with E-state index in [0.29, 0.717) is 5.56 Å². The molecule has 0 aromatic heterocycles. The van der Waals surface area contributed by atoms with Gasteiger partial charge in [-0.2, -0.15) is 0 Å².